The molecule has 13 nitrogen and oxygen atoms in total. The molecule has 14 heteroatoms. The van der Waals surface area contributed by atoms with Gasteiger partial charge in [0.05, 0.1) is 13.2 Å². The quantitative estimate of drug-likeness (QED) is 0.132. The standard InChI is InChI=1S/C31H32N3O10P/c1-2-41-28(37)23(17-20-9-4-3-5-10-20)33-45(40,44-24-14-8-12-21-11-6-7-13-22(21)24)42-19-30-18-31(30,39)26(36)27(43-30)34-16-15-25(35)32-29(34)38/h3-16,23,26-27,36,39H,2,17-19H2,1H3,(H,33,40)(H,32,35,38)/t23-,26-,27+,30+,31-,45?/m0/s1. The molecule has 0 bridgehead atoms. The summed E-state index contributed by atoms with van der Waals surface area (Å²) in [5.41, 5.74) is -4.17. The number of rotatable bonds is 12. The van der Waals surface area contributed by atoms with E-state index < -0.39 is 61.1 Å². The molecule has 4 aromatic rings. The Hall–Kier alpha value is -4.10. The van der Waals surface area contributed by atoms with Gasteiger partial charge >= 0.3 is 19.4 Å². The molecule has 1 saturated carbocycles. The second-order valence-electron chi connectivity index (χ2n) is 11.0. The number of ether oxygens (including phenoxy) is 2. The number of aromatic amines is 1. The van der Waals surface area contributed by atoms with Crippen LogP contribution >= 0.6 is 7.75 Å². The third-order valence-corrected chi connectivity index (χ3v) is 9.59. The van der Waals surface area contributed by atoms with Gasteiger partial charge in [0.25, 0.3) is 5.56 Å². The molecule has 6 rings (SSSR count). The van der Waals surface area contributed by atoms with Gasteiger partial charge in [-0.1, -0.05) is 66.7 Å². The van der Waals surface area contributed by atoms with Crippen molar-refractivity contribution < 1.29 is 38.1 Å². The minimum absolute atomic E-state index is 0.0779. The molecule has 0 spiro atoms. The number of aliphatic hydroxyl groups is 2. The van der Waals surface area contributed by atoms with Gasteiger partial charge in [-0.05, 0) is 30.4 Å². The molecule has 2 fully saturated rings. The van der Waals surface area contributed by atoms with E-state index in [0.717, 1.165) is 27.8 Å². The smallest absolute Gasteiger partial charge is 0.459 e. The summed E-state index contributed by atoms with van der Waals surface area (Å²) in [7, 11) is -4.48. The van der Waals surface area contributed by atoms with Crippen LogP contribution in [0.15, 0.2) is 94.6 Å². The predicted molar refractivity (Wildman–Crippen MR) is 162 cm³/mol. The molecule has 1 saturated heterocycles. The zero-order valence-electron chi connectivity index (χ0n) is 24.2. The monoisotopic (exact) mass is 637 g/mol. The van der Waals surface area contributed by atoms with Crippen LogP contribution in [0.5, 0.6) is 5.75 Å². The lowest BCUT2D eigenvalue weighted by Gasteiger charge is -2.27. The van der Waals surface area contributed by atoms with E-state index in [4.69, 9.17) is 18.5 Å². The first-order chi connectivity index (χ1) is 21.6. The van der Waals surface area contributed by atoms with Gasteiger partial charge in [0.1, 0.15) is 29.1 Å². The first-order valence-electron chi connectivity index (χ1n) is 14.4. The summed E-state index contributed by atoms with van der Waals surface area (Å²) in [5, 5.41) is 26.4. The molecule has 0 amide bonds. The van der Waals surface area contributed by atoms with Crippen LogP contribution in [-0.2, 0) is 29.8 Å². The van der Waals surface area contributed by atoms with Crippen LogP contribution in [0.1, 0.15) is 25.1 Å². The van der Waals surface area contributed by atoms with Crippen LogP contribution in [0.25, 0.3) is 10.8 Å². The predicted octanol–water partition coefficient (Wildman–Crippen LogP) is 2.42. The van der Waals surface area contributed by atoms with E-state index in [0.29, 0.717) is 5.39 Å². The van der Waals surface area contributed by atoms with E-state index in [-0.39, 0.29) is 25.2 Å². The van der Waals surface area contributed by atoms with Crippen LogP contribution in [0.2, 0.25) is 0 Å². The third kappa shape index (κ3) is 5.98. The molecule has 1 aromatic heterocycles. The lowest BCUT2D eigenvalue weighted by molar-refractivity contribution is -0.145. The van der Waals surface area contributed by atoms with Crippen LogP contribution in [0, 0.1) is 0 Å². The Bertz CT molecular complexity index is 1880. The normalized spacial score (nSPS) is 25.7. The highest BCUT2D eigenvalue weighted by Crippen LogP contribution is 2.63. The zero-order valence-corrected chi connectivity index (χ0v) is 25.1. The van der Waals surface area contributed by atoms with Crippen molar-refractivity contribution in [3.8, 4) is 5.75 Å². The van der Waals surface area contributed by atoms with Gasteiger partial charge in [-0.2, -0.15) is 5.09 Å². The van der Waals surface area contributed by atoms with Crippen molar-refractivity contribution in [2.75, 3.05) is 13.2 Å². The fourth-order valence-corrected chi connectivity index (χ4v) is 7.19. The second kappa shape index (κ2) is 12.0. The van der Waals surface area contributed by atoms with Crippen molar-refractivity contribution >= 4 is 24.5 Å². The fraction of sp³-hybridized carbons (Fsp3) is 0.323. The highest BCUT2D eigenvalue weighted by atomic mass is 31.2. The average Bonchev–Trinajstić information content (AvgIpc) is 3.57. The molecule has 4 N–H and O–H groups in total. The van der Waals surface area contributed by atoms with Crippen LogP contribution < -0.4 is 20.9 Å². The van der Waals surface area contributed by atoms with Crippen LogP contribution in [-0.4, -0.2) is 62.3 Å². The topological polar surface area (TPSA) is 178 Å². The zero-order chi connectivity index (χ0) is 31.8. The molecule has 2 aliphatic rings. The van der Waals surface area contributed by atoms with E-state index >= 15 is 0 Å². The Kier molecular flexibility index (Phi) is 8.25. The van der Waals surface area contributed by atoms with Crippen molar-refractivity contribution in [3.63, 3.8) is 0 Å². The van der Waals surface area contributed by atoms with Gasteiger partial charge in [-0.25, -0.2) is 9.36 Å². The Morgan fingerprint density at radius 1 is 1.11 bits per heavy atom. The number of fused-ring (bicyclic) bond motifs is 2. The third-order valence-electron chi connectivity index (χ3n) is 8.05. The SMILES string of the molecule is CCOC(=O)[C@H](Cc1ccccc1)NP(=O)(OC[C@]12C[C@]1(O)[C@@H](O)[C@H](n1ccc(=O)[nH]c1=O)O2)Oc1cccc2ccccc12. The minimum Gasteiger partial charge on any atom is -0.465 e. The first kappa shape index (κ1) is 30.9. The van der Waals surface area contributed by atoms with Crippen molar-refractivity contribution in [3.05, 3.63) is 111 Å². The fourth-order valence-electron chi connectivity index (χ4n) is 5.64. The number of nitrogens with zero attached hydrogens (tertiary/aromatic N) is 1. The summed E-state index contributed by atoms with van der Waals surface area (Å²) >= 11 is 0. The number of carbonyl (C=O) groups excluding carboxylic acids is 1. The molecular weight excluding hydrogens is 605 g/mol. The number of aromatic nitrogens is 2. The van der Waals surface area contributed by atoms with Gasteiger partial charge in [0.2, 0.25) is 0 Å². The Labute approximate surface area is 256 Å². The van der Waals surface area contributed by atoms with Gasteiger partial charge in [0, 0.05) is 24.1 Å². The van der Waals surface area contributed by atoms with E-state index in [9.17, 15) is 29.2 Å². The molecule has 1 unspecified atom stereocenters. The summed E-state index contributed by atoms with van der Waals surface area (Å²) in [6.45, 7) is 1.18. The number of benzene rings is 3. The van der Waals surface area contributed by atoms with E-state index in [1.54, 1.807) is 55.5 Å². The Morgan fingerprint density at radius 2 is 1.84 bits per heavy atom. The van der Waals surface area contributed by atoms with Gasteiger partial charge in [0.15, 0.2) is 6.23 Å². The maximum absolute atomic E-state index is 14.6. The summed E-state index contributed by atoms with van der Waals surface area (Å²) in [6, 6.07) is 21.4. The maximum atomic E-state index is 14.6. The van der Waals surface area contributed by atoms with Crippen molar-refractivity contribution in [2.45, 2.75) is 49.3 Å². The summed E-state index contributed by atoms with van der Waals surface area (Å²) in [5.74, 6) is -0.474. The van der Waals surface area contributed by atoms with Gasteiger partial charge < -0.3 is 24.2 Å². The minimum atomic E-state index is -4.48. The molecule has 1 aliphatic heterocycles. The summed E-state index contributed by atoms with van der Waals surface area (Å²) in [4.78, 5) is 39.1. The Balaban J connectivity index is 1.31. The summed E-state index contributed by atoms with van der Waals surface area (Å²) in [6.07, 6.45) is -1.82. The highest BCUT2D eigenvalue weighted by molar-refractivity contribution is 7.52. The first-order valence-corrected chi connectivity index (χ1v) is 15.9. The molecular formula is C31H32N3O10P. The number of H-pyrrole nitrogens is 1. The molecule has 3 aromatic carbocycles. The van der Waals surface area contributed by atoms with Crippen molar-refractivity contribution in [1.29, 1.82) is 0 Å². The van der Waals surface area contributed by atoms with E-state index in [1.165, 1.54) is 0 Å². The number of esters is 1. The molecule has 45 heavy (non-hydrogen) atoms. The number of hydrogen-bond donors (Lipinski definition) is 4. The molecule has 6 atom stereocenters. The Morgan fingerprint density at radius 3 is 2.60 bits per heavy atom. The lowest BCUT2D eigenvalue weighted by atomic mass is 10.1. The lowest BCUT2D eigenvalue weighted by Crippen LogP contribution is -2.40. The van der Waals surface area contributed by atoms with Gasteiger partial charge in [-0.3, -0.25) is 23.7 Å². The number of nitrogens with one attached hydrogen (secondary N) is 2. The number of hydrogen-bond acceptors (Lipinski definition) is 10. The number of carbonyl (C=O) groups is 1. The van der Waals surface area contributed by atoms with E-state index in [2.05, 4.69) is 10.1 Å². The molecule has 0 radical (unpaired) electrons. The average molecular weight is 638 g/mol. The van der Waals surface area contributed by atoms with Crippen molar-refractivity contribution in [2.24, 2.45) is 0 Å². The largest absolute Gasteiger partial charge is 0.465 e. The van der Waals surface area contributed by atoms with Crippen LogP contribution in [0.4, 0.5) is 0 Å². The van der Waals surface area contributed by atoms with Gasteiger partial charge in [-0.15, -0.1) is 0 Å². The van der Waals surface area contributed by atoms with Crippen LogP contribution in [0.3, 0.4) is 0 Å². The summed E-state index contributed by atoms with van der Waals surface area (Å²) < 4.78 is 38.8. The molecule has 2 heterocycles. The number of aliphatic hydroxyl groups excluding tert-OH is 1. The highest BCUT2D eigenvalue weighted by Gasteiger charge is 2.80. The molecule has 236 valence electrons. The molecule has 1 aliphatic carbocycles. The van der Waals surface area contributed by atoms with Crippen molar-refractivity contribution in [1.82, 2.24) is 14.6 Å². The second-order valence-corrected chi connectivity index (χ2v) is 12.7. The maximum Gasteiger partial charge on any atom is 0.459 e. The van der Waals surface area contributed by atoms with E-state index in [1.807, 2.05) is 24.3 Å².